The number of rotatable bonds is 4. The van der Waals surface area contributed by atoms with Crippen molar-refractivity contribution in [2.75, 3.05) is 13.1 Å². The zero-order valence-electron chi connectivity index (χ0n) is 12.8. The van der Waals surface area contributed by atoms with Crippen LogP contribution in [0.2, 0.25) is 5.02 Å². The van der Waals surface area contributed by atoms with Crippen LogP contribution in [0.15, 0.2) is 30.6 Å². The van der Waals surface area contributed by atoms with Crippen LogP contribution in [0.3, 0.4) is 0 Å². The van der Waals surface area contributed by atoms with Gasteiger partial charge >= 0.3 is 6.03 Å². The van der Waals surface area contributed by atoms with Crippen molar-refractivity contribution >= 4 is 17.6 Å². The number of hydrogen-bond acceptors (Lipinski definition) is 4. The zero-order valence-corrected chi connectivity index (χ0v) is 13.5. The summed E-state index contributed by atoms with van der Waals surface area (Å²) >= 11 is 5.84. The highest BCUT2D eigenvalue weighted by molar-refractivity contribution is 6.30. The molecule has 0 aliphatic carbocycles. The van der Waals surface area contributed by atoms with Crippen LogP contribution in [0.25, 0.3) is 0 Å². The molecular weight excluding hydrogens is 318 g/mol. The topological polar surface area (TPSA) is 72.3 Å². The molecule has 0 saturated carbocycles. The van der Waals surface area contributed by atoms with Crippen molar-refractivity contribution < 1.29 is 9.53 Å². The summed E-state index contributed by atoms with van der Waals surface area (Å²) in [6.07, 6.45) is 1.54. The summed E-state index contributed by atoms with van der Waals surface area (Å²) in [4.78, 5) is 13.9. The van der Waals surface area contributed by atoms with Gasteiger partial charge in [0.15, 0.2) is 5.82 Å². The third kappa shape index (κ3) is 3.92. The van der Waals surface area contributed by atoms with E-state index in [2.05, 4.69) is 15.5 Å². The number of urea groups is 1. The lowest BCUT2D eigenvalue weighted by atomic mass is 10.3. The van der Waals surface area contributed by atoms with Crippen molar-refractivity contribution in [1.82, 2.24) is 25.0 Å². The lowest BCUT2D eigenvalue weighted by Gasteiger charge is -2.27. The summed E-state index contributed by atoms with van der Waals surface area (Å²) in [6, 6.07) is 7.03. The van der Waals surface area contributed by atoms with Gasteiger partial charge in [-0.2, -0.15) is 0 Å². The van der Waals surface area contributed by atoms with Crippen LogP contribution in [0.5, 0.6) is 5.75 Å². The summed E-state index contributed by atoms with van der Waals surface area (Å²) in [6.45, 7) is 4.15. The van der Waals surface area contributed by atoms with Gasteiger partial charge in [-0.3, -0.25) is 0 Å². The average molecular weight is 336 g/mol. The van der Waals surface area contributed by atoms with Crippen LogP contribution in [0.1, 0.15) is 12.7 Å². The second-order valence-corrected chi connectivity index (χ2v) is 5.87. The van der Waals surface area contributed by atoms with Crippen molar-refractivity contribution in [3.05, 3.63) is 41.4 Å². The van der Waals surface area contributed by atoms with Crippen molar-refractivity contribution in [1.29, 1.82) is 0 Å². The first-order chi connectivity index (χ1) is 11.1. The SMILES string of the molecule is CC(CNC(=O)N1CCn2cnnc2C1)Oc1ccc(Cl)cc1. The molecule has 1 aromatic heterocycles. The summed E-state index contributed by atoms with van der Waals surface area (Å²) in [5, 5.41) is 11.4. The minimum atomic E-state index is -0.145. The second-order valence-electron chi connectivity index (χ2n) is 5.43. The number of nitrogens with one attached hydrogen (secondary N) is 1. The van der Waals surface area contributed by atoms with Gasteiger partial charge in [-0.25, -0.2) is 4.79 Å². The molecule has 0 spiro atoms. The third-order valence-corrected chi connectivity index (χ3v) is 3.87. The maximum absolute atomic E-state index is 12.2. The number of ether oxygens (including phenoxy) is 1. The summed E-state index contributed by atoms with van der Waals surface area (Å²) in [5.41, 5.74) is 0. The number of aromatic nitrogens is 3. The minimum Gasteiger partial charge on any atom is -0.489 e. The quantitative estimate of drug-likeness (QED) is 0.926. The molecule has 0 saturated heterocycles. The number of carbonyl (C=O) groups is 1. The van der Waals surface area contributed by atoms with E-state index in [0.717, 1.165) is 11.6 Å². The van der Waals surface area contributed by atoms with Crippen LogP contribution < -0.4 is 10.1 Å². The van der Waals surface area contributed by atoms with Crippen LogP contribution in [-0.4, -0.2) is 44.9 Å². The summed E-state index contributed by atoms with van der Waals surface area (Å²) in [5.74, 6) is 1.53. The van der Waals surface area contributed by atoms with Gasteiger partial charge < -0.3 is 19.5 Å². The van der Waals surface area contributed by atoms with E-state index in [1.807, 2.05) is 11.5 Å². The minimum absolute atomic E-state index is 0.120. The standard InChI is InChI=1S/C15H18ClN5O2/c1-11(23-13-4-2-12(16)3-5-13)8-17-15(22)20-6-7-21-10-18-19-14(21)9-20/h2-5,10-11H,6-9H2,1H3,(H,17,22). The molecule has 0 radical (unpaired) electrons. The largest absolute Gasteiger partial charge is 0.489 e. The highest BCUT2D eigenvalue weighted by atomic mass is 35.5. The molecule has 0 fully saturated rings. The number of carbonyl (C=O) groups excluding carboxylic acids is 1. The Labute approximate surface area is 139 Å². The molecule has 0 bridgehead atoms. The lowest BCUT2D eigenvalue weighted by molar-refractivity contribution is 0.170. The predicted octanol–water partition coefficient (Wildman–Crippen LogP) is 1.92. The number of amides is 2. The van der Waals surface area contributed by atoms with Gasteiger partial charge in [0.1, 0.15) is 18.2 Å². The monoisotopic (exact) mass is 335 g/mol. The summed E-state index contributed by atoms with van der Waals surface area (Å²) in [7, 11) is 0. The molecule has 7 nitrogen and oxygen atoms in total. The van der Waals surface area contributed by atoms with Gasteiger partial charge in [0, 0.05) is 18.1 Å². The fourth-order valence-electron chi connectivity index (χ4n) is 2.37. The number of benzene rings is 1. The lowest BCUT2D eigenvalue weighted by Crippen LogP contribution is -2.46. The van der Waals surface area contributed by atoms with E-state index in [4.69, 9.17) is 16.3 Å². The van der Waals surface area contributed by atoms with Gasteiger partial charge in [0.05, 0.1) is 13.1 Å². The fourth-order valence-corrected chi connectivity index (χ4v) is 2.50. The fraction of sp³-hybridized carbons (Fsp3) is 0.400. The first-order valence-corrected chi connectivity index (χ1v) is 7.81. The molecular formula is C15H18ClN5O2. The molecule has 1 aliphatic rings. The Morgan fingerprint density at radius 1 is 1.39 bits per heavy atom. The number of nitrogens with zero attached hydrogens (tertiary/aromatic N) is 4. The predicted molar refractivity (Wildman–Crippen MR) is 85.4 cm³/mol. The van der Waals surface area contributed by atoms with E-state index in [1.165, 1.54) is 0 Å². The number of fused-ring (bicyclic) bond motifs is 1. The van der Waals surface area contributed by atoms with Crippen LogP contribution in [-0.2, 0) is 13.1 Å². The first kappa shape index (κ1) is 15.6. The van der Waals surface area contributed by atoms with E-state index in [1.54, 1.807) is 35.5 Å². The molecule has 3 rings (SSSR count). The molecule has 122 valence electrons. The Kier molecular flexibility index (Phi) is 4.66. The van der Waals surface area contributed by atoms with Crippen molar-refractivity contribution in [3.63, 3.8) is 0 Å². The van der Waals surface area contributed by atoms with Gasteiger partial charge in [0.2, 0.25) is 0 Å². The van der Waals surface area contributed by atoms with E-state index < -0.39 is 0 Å². The molecule has 2 aromatic rings. The van der Waals surface area contributed by atoms with E-state index >= 15 is 0 Å². The summed E-state index contributed by atoms with van der Waals surface area (Å²) < 4.78 is 7.69. The first-order valence-electron chi connectivity index (χ1n) is 7.43. The van der Waals surface area contributed by atoms with Crippen molar-refractivity contribution in [2.24, 2.45) is 0 Å². The highest BCUT2D eigenvalue weighted by Crippen LogP contribution is 2.16. The van der Waals surface area contributed by atoms with Crippen LogP contribution in [0.4, 0.5) is 4.79 Å². The molecule has 2 amide bonds. The van der Waals surface area contributed by atoms with E-state index in [0.29, 0.717) is 31.2 Å². The smallest absolute Gasteiger partial charge is 0.318 e. The van der Waals surface area contributed by atoms with Gasteiger partial charge in [-0.1, -0.05) is 11.6 Å². The second kappa shape index (κ2) is 6.87. The van der Waals surface area contributed by atoms with Gasteiger partial charge in [-0.15, -0.1) is 10.2 Å². The molecule has 23 heavy (non-hydrogen) atoms. The van der Waals surface area contributed by atoms with E-state index in [9.17, 15) is 4.79 Å². The Balaban J connectivity index is 1.46. The Morgan fingerprint density at radius 3 is 2.96 bits per heavy atom. The number of hydrogen-bond donors (Lipinski definition) is 1. The molecule has 1 aromatic carbocycles. The Morgan fingerprint density at radius 2 is 2.17 bits per heavy atom. The van der Waals surface area contributed by atoms with E-state index in [-0.39, 0.29) is 12.1 Å². The molecule has 2 heterocycles. The maximum atomic E-state index is 12.2. The molecule has 1 N–H and O–H groups in total. The zero-order chi connectivity index (χ0) is 16.2. The van der Waals surface area contributed by atoms with Crippen LogP contribution >= 0.6 is 11.6 Å². The van der Waals surface area contributed by atoms with Crippen molar-refractivity contribution in [3.8, 4) is 5.75 Å². The highest BCUT2D eigenvalue weighted by Gasteiger charge is 2.21. The molecule has 1 aliphatic heterocycles. The molecule has 8 heteroatoms. The van der Waals surface area contributed by atoms with Gasteiger partial charge in [-0.05, 0) is 31.2 Å². The third-order valence-electron chi connectivity index (χ3n) is 3.62. The normalized spacial score (nSPS) is 15.0. The van der Waals surface area contributed by atoms with Crippen molar-refractivity contribution in [2.45, 2.75) is 26.1 Å². The Hall–Kier alpha value is -2.28. The van der Waals surface area contributed by atoms with Crippen LogP contribution in [0, 0.1) is 0 Å². The maximum Gasteiger partial charge on any atom is 0.318 e. The number of halogens is 1. The van der Waals surface area contributed by atoms with Gasteiger partial charge in [0.25, 0.3) is 0 Å². The Bertz CT molecular complexity index is 673. The molecule has 1 atom stereocenters. The molecule has 1 unspecified atom stereocenters. The average Bonchev–Trinajstić information content (AvgIpc) is 3.02.